The quantitative estimate of drug-likeness (QED) is 0.670. The SMILES string of the molecule is O=C(c1csnn1)N(CCc1ccccc1)Cc1cccc2c1OCO2. The molecule has 6 nitrogen and oxygen atoms in total. The van der Waals surface area contributed by atoms with Gasteiger partial charge in [-0.1, -0.05) is 47.0 Å². The van der Waals surface area contributed by atoms with Crippen LogP contribution in [0, 0.1) is 0 Å². The summed E-state index contributed by atoms with van der Waals surface area (Å²) in [6.07, 6.45) is 0.760. The number of amides is 1. The second-order valence-corrected chi connectivity index (χ2v) is 6.51. The number of nitrogens with zero attached hydrogens (tertiary/aromatic N) is 3. The molecule has 1 amide bonds. The molecule has 7 heteroatoms. The molecule has 1 aliphatic rings. The van der Waals surface area contributed by atoms with Crippen LogP contribution in [0.25, 0.3) is 0 Å². The van der Waals surface area contributed by atoms with E-state index in [1.54, 1.807) is 10.3 Å². The van der Waals surface area contributed by atoms with E-state index >= 15 is 0 Å². The molecule has 0 saturated carbocycles. The molecule has 3 aromatic rings. The minimum absolute atomic E-state index is 0.133. The van der Waals surface area contributed by atoms with Crippen LogP contribution in [0.1, 0.15) is 21.6 Å². The molecule has 0 unspecified atom stereocenters. The van der Waals surface area contributed by atoms with Crippen LogP contribution in [0.15, 0.2) is 53.9 Å². The summed E-state index contributed by atoms with van der Waals surface area (Å²) in [5.41, 5.74) is 2.47. The lowest BCUT2D eigenvalue weighted by molar-refractivity contribution is 0.0737. The summed E-state index contributed by atoms with van der Waals surface area (Å²) in [6.45, 7) is 1.21. The van der Waals surface area contributed by atoms with Crippen molar-refractivity contribution in [3.8, 4) is 11.5 Å². The maximum Gasteiger partial charge on any atom is 0.275 e. The molecule has 0 radical (unpaired) electrons. The van der Waals surface area contributed by atoms with Gasteiger partial charge in [-0.3, -0.25) is 4.79 Å². The normalized spacial score (nSPS) is 12.2. The van der Waals surface area contributed by atoms with Crippen molar-refractivity contribution in [3.63, 3.8) is 0 Å². The lowest BCUT2D eigenvalue weighted by atomic mass is 10.1. The lowest BCUT2D eigenvalue weighted by Gasteiger charge is -2.22. The Hall–Kier alpha value is -2.93. The highest BCUT2D eigenvalue weighted by Gasteiger charge is 2.23. The van der Waals surface area contributed by atoms with E-state index < -0.39 is 0 Å². The van der Waals surface area contributed by atoms with Crippen LogP contribution in [-0.2, 0) is 13.0 Å². The Morgan fingerprint density at radius 2 is 2.00 bits per heavy atom. The highest BCUT2D eigenvalue weighted by atomic mass is 32.1. The van der Waals surface area contributed by atoms with Crippen molar-refractivity contribution in [2.75, 3.05) is 13.3 Å². The molecular formula is C19H17N3O3S. The van der Waals surface area contributed by atoms with E-state index in [0.717, 1.165) is 12.0 Å². The van der Waals surface area contributed by atoms with Gasteiger partial charge in [0.2, 0.25) is 6.79 Å². The largest absolute Gasteiger partial charge is 0.454 e. The molecule has 2 aromatic carbocycles. The summed E-state index contributed by atoms with van der Waals surface area (Å²) < 4.78 is 14.8. The number of carbonyl (C=O) groups is 1. The minimum Gasteiger partial charge on any atom is -0.454 e. The van der Waals surface area contributed by atoms with Crippen molar-refractivity contribution >= 4 is 17.4 Å². The Kier molecular flexibility index (Phi) is 4.79. The molecule has 1 aliphatic heterocycles. The maximum atomic E-state index is 12.9. The average molecular weight is 367 g/mol. The maximum absolute atomic E-state index is 12.9. The first kappa shape index (κ1) is 16.5. The van der Waals surface area contributed by atoms with E-state index in [-0.39, 0.29) is 12.7 Å². The number of carbonyl (C=O) groups excluding carboxylic acids is 1. The van der Waals surface area contributed by atoms with Crippen molar-refractivity contribution in [2.45, 2.75) is 13.0 Å². The van der Waals surface area contributed by atoms with Gasteiger partial charge in [-0.25, -0.2) is 0 Å². The number of benzene rings is 2. The number of hydrogen-bond donors (Lipinski definition) is 0. The van der Waals surface area contributed by atoms with Gasteiger partial charge in [0.25, 0.3) is 5.91 Å². The van der Waals surface area contributed by atoms with Crippen molar-refractivity contribution in [3.05, 3.63) is 70.7 Å². The molecular weight excluding hydrogens is 350 g/mol. The van der Waals surface area contributed by atoms with Crippen LogP contribution < -0.4 is 9.47 Å². The fourth-order valence-electron chi connectivity index (χ4n) is 2.90. The van der Waals surface area contributed by atoms with Crippen molar-refractivity contribution < 1.29 is 14.3 Å². The van der Waals surface area contributed by atoms with E-state index in [1.165, 1.54) is 17.1 Å². The Morgan fingerprint density at radius 1 is 1.12 bits per heavy atom. The molecule has 1 aromatic heterocycles. The van der Waals surface area contributed by atoms with Gasteiger partial charge in [0.05, 0.1) is 0 Å². The van der Waals surface area contributed by atoms with E-state index in [1.807, 2.05) is 36.4 Å². The summed E-state index contributed by atoms with van der Waals surface area (Å²) in [5.74, 6) is 1.29. The Bertz CT molecular complexity index is 884. The molecule has 2 heterocycles. The molecule has 26 heavy (non-hydrogen) atoms. The smallest absolute Gasteiger partial charge is 0.275 e. The minimum atomic E-state index is -0.133. The first-order valence-electron chi connectivity index (χ1n) is 8.29. The van der Waals surface area contributed by atoms with Crippen LogP contribution in [0.2, 0.25) is 0 Å². The molecule has 132 valence electrons. The third kappa shape index (κ3) is 3.52. The second-order valence-electron chi connectivity index (χ2n) is 5.90. The fourth-order valence-corrected chi connectivity index (χ4v) is 3.33. The van der Waals surface area contributed by atoms with Gasteiger partial charge in [0.15, 0.2) is 17.2 Å². The lowest BCUT2D eigenvalue weighted by Crippen LogP contribution is -2.33. The number of ether oxygens (including phenoxy) is 2. The zero-order valence-electron chi connectivity index (χ0n) is 14.0. The molecule has 4 rings (SSSR count). The highest BCUT2D eigenvalue weighted by Crippen LogP contribution is 2.36. The summed E-state index contributed by atoms with van der Waals surface area (Å²) in [5, 5.41) is 5.60. The standard InChI is InChI=1S/C19H17N3O3S/c23-19(16-12-26-21-20-16)22(10-9-14-5-2-1-3-6-14)11-15-7-4-8-17-18(15)25-13-24-17/h1-8,12H,9-11,13H2. The van der Waals surface area contributed by atoms with Crippen molar-refractivity contribution in [1.29, 1.82) is 0 Å². The second kappa shape index (κ2) is 7.53. The number of rotatable bonds is 6. The predicted octanol–water partition coefficient (Wildman–Crippen LogP) is 3.15. The first-order valence-corrected chi connectivity index (χ1v) is 9.12. The zero-order chi connectivity index (χ0) is 17.8. The molecule has 0 spiro atoms. The Labute approximate surface area is 155 Å². The summed E-state index contributed by atoms with van der Waals surface area (Å²) >= 11 is 1.17. The van der Waals surface area contributed by atoms with Gasteiger partial charge >= 0.3 is 0 Å². The van der Waals surface area contributed by atoms with Crippen LogP contribution in [0.4, 0.5) is 0 Å². The van der Waals surface area contributed by atoms with Gasteiger partial charge in [-0.05, 0) is 29.6 Å². The molecule has 0 saturated heterocycles. The van der Waals surface area contributed by atoms with Crippen molar-refractivity contribution in [2.24, 2.45) is 0 Å². The van der Waals surface area contributed by atoms with E-state index in [9.17, 15) is 4.79 Å². The third-order valence-corrected chi connectivity index (χ3v) is 4.72. The summed E-state index contributed by atoms with van der Waals surface area (Å²) in [7, 11) is 0. The highest BCUT2D eigenvalue weighted by molar-refractivity contribution is 7.03. The molecule has 0 N–H and O–H groups in total. The van der Waals surface area contributed by atoms with Gasteiger partial charge in [0.1, 0.15) is 0 Å². The summed E-state index contributed by atoms with van der Waals surface area (Å²) in [6, 6.07) is 15.8. The summed E-state index contributed by atoms with van der Waals surface area (Å²) in [4.78, 5) is 14.7. The third-order valence-electron chi connectivity index (χ3n) is 4.22. The number of hydrogen-bond acceptors (Lipinski definition) is 6. The predicted molar refractivity (Wildman–Crippen MR) is 97.4 cm³/mol. The van der Waals surface area contributed by atoms with Gasteiger partial charge in [0, 0.05) is 24.0 Å². The number of aromatic nitrogens is 2. The molecule has 0 fully saturated rings. The van der Waals surface area contributed by atoms with Crippen LogP contribution >= 0.6 is 11.5 Å². The fraction of sp³-hybridized carbons (Fsp3) is 0.211. The number of fused-ring (bicyclic) bond motifs is 1. The molecule has 0 bridgehead atoms. The monoisotopic (exact) mass is 367 g/mol. The van der Waals surface area contributed by atoms with E-state index in [4.69, 9.17) is 9.47 Å². The van der Waals surface area contributed by atoms with Crippen LogP contribution in [0.3, 0.4) is 0 Å². The Balaban J connectivity index is 1.56. The van der Waals surface area contributed by atoms with Gasteiger partial charge in [-0.15, -0.1) is 5.10 Å². The van der Waals surface area contributed by atoms with Crippen molar-refractivity contribution in [1.82, 2.24) is 14.5 Å². The van der Waals surface area contributed by atoms with E-state index in [2.05, 4.69) is 21.7 Å². The molecule has 0 atom stereocenters. The van der Waals surface area contributed by atoms with Crippen LogP contribution in [0.5, 0.6) is 11.5 Å². The molecule has 0 aliphatic carbocycles. The first-order chi connectivity index (χ1) is 12.8. The van der Waals surface area contributed by atoms with E-state index in [0.29, 0.717) is 30.3 Å². The topological polar surface area (TPSA) is 64.6 Å². The van der Waals surface area contributed by atoms with Gasteiger partial charge < -0.3 is 14.4 Å². The van der Waals surface area contributed by atoms with Crippen LogP contribution in [-0.4, -0.2) is 33.7 Å². The number of para-hydroxylation sites is 1. The zero-order valence-corrected chi connectivity index (χ0v) is 14.8. The van der Waals surface area contributed by atoms with Gasteiger partial charge in [-0.2, -0.15) is 0 Å². The Morgan fingerprint density at radius 3 is 2.81 bits per heavy atom. The average Bonchev–Trinajstić information content (AvgIpc) is 3.37.